The Labute approximate surface area is 217 Å². The summed E-state index contributed by atoms with van der Waals surface area (Å²) in [5.74, 6) is 1.10. The highest BCUT2D eigenvalue weighted by Crippen LogP contribution is 2.42. The van der Waals surface area contributed by atoms with Crippen molar-refractivity contribution in [1.29, 1.82) is 0 Å². The molecule has 2 nitrogen and oxygen atoms in total. The van der Waals surface area contributed by atoms with Crippen LogP contribution in [-0.2, 0) is 4.74 Å². The van der Waals surface area contributed by atoms with E-state index in [1.807, 2.05) is 0 Å². The van der Waals surface area contributed by atoms with Gasteiger partial charge >= 0.3 is 0 Å². The van der Waals surface area contributed by atoms with Gasteiger partial charge < -0.3 is 9.47 Å². The molecule has 4 heteroatoms. The van der Waals surface area contributed by atoms with Crippen LogP contribution in [-0.4, -0.2) is 19.8 Å². The van der Waals surface area contributed by atoms with Crippen LogP contribution in [0, 0.1) is 35.3 Å². The SMILES string of the molecule is CCCCC=CCCC1CCC(C2CCC(C3CC=C(c4ccc(OC)c(F)c4F)CC3)CO2)CC1. The molecule has 0 amide bonds. The Bertz CT molecular complexity index is 876. The second-order valence-corrected chi connectivity index (χ2v) is 11.4. The van der Waals surface area contributed by atoms with Crippen LogP contribution in [0.2, 0.25) is 0 Å². The molecule has 200 valence electrons. The number of methoxy groups -OCH3 is 1. The van der Waals surface area contributed by atoms with Gasteiger partial charge in [-0.05, 0) is 106 Å². The third-order valence-electron chi connectivity index (χ3n) is 9.13. The molecule has 0 aromatic heterocycles. The van der Waals surface area contributed by atoms with Crippen molar-refractivity contribution in [2.24, 2.45) is 23.7 Å². The lowest BCUT2D eigenvalue weighted by molar-refractivity contribution is -0.0703. The van der Waals surface area contributed by atoms with Crippen molar-refractivity contribution < 1.29 is 18.3 Å². The van der Waals surface area contributed by atoms with E-state index in [2.05, 4.69) is 25.2 Å². The largest absolute Gasteiger partial charge is 0.494 e. The fourth-order valence-corrected chi connectivity index (χ4v) is 6.74. The van der Waals surface area contributed by atoms with Gasteiger partial charge in [-0.15, -0.1) is 0 Å². The molecule has 0 spiro atoms. The van der Waals surface area contributed by atoms with E-state index in [-0.39, 0.29) is 5.75 Å². The number of halogens is 2. The molecule has 0 bridgehead atoms. The average molecular weight is 501 g/mol. The molecule has 3 aliphatic rings. The van der Waals surface area contributed by atoms with Crippen LogP contribution < -0.4 is 4.74 Å². The number of ether oxygens (including phenoxy) is 2. The number of hydrogen-bond acceptors (Lipinski definition) is 2. The van der Waals surface area contributed by atoms with E-state index < -0.39 is 11.6 Å². The maximum atomic E-state index is 14.5. The molecule has 2 aliphatic carbocycles. The first-order chi connectivity index (χ1) is 17.6. The highest BCUT2D eigenvalue weighted by atomic mass is 19.2. The third kappa shape index (κ3) is 7.00. The van der Waals surface area contributed by atoms with E-state index in [0.29, 0.717) is 23.5 Å². The molecule has 4 rings (SSSR count). The maximum Gasteiger partial charge on any atom is 0.201 e. The minimum atomic E-state index is -0.891. The molecule has 1 heterocycles. The molecule has 1 aromatic rings. The van der Waals surface area contributed by atoms with E-state index in [1.54, 1.807) is 6.07 Å². The van der Waals surface area contributed by atoms with Crippen molar-refractivity contribution in [2.45, 2.75) is 103 Å². The first-order valence-electron chi connectivity index (χ1n) is 14.6. The normalized spacial score (nSPS) is 29.3. The number of rotatable bonds is 10. The van der Waals surface area contributed by atoms with Gasteiger partial charge in [-0.25, -0.2) is 4.39 Å². The monoisotopic (exact) mass is 500 g/mol. The van der Waals surface area contributed by atoms with Gasteiger partial charge in [0.2, 0.25) is 5.82 Å². The summed E-state index contributed by atoms with van der Waals surface area (Å²) in [5.41, 5.74) is 1.31. The summed E-state index contributed by atoms with van der Waals surface area (Å²) in [6.45, 7) is 3.12. The summed E-state index contributed by atoms with van der Waals surface area (Å²) in [6, 6.07) is 3.17. The predicted molar refractivity (Wildman–Crippen MR) is 144 cm³/mol. The van der Waals surface area contributed by atoms with Gasteiger partial charge in [0.25, 0.3) is 0 Å². The first kappa shape index (κ1) is 27.4. The minimum Gasteiger partial charge on any atom is -0.494 e. The first-order valence-corrected chi connectivity index (χ1v) is 14.6. The fourth-order valence-electron chi connectivity index (χ4n) is 6.74. The Balaban J connectivity index is 1.18. The molecule has 1 saturated heterocycles. The van der Waals surface area contributed by atoms with Gasteiger partial charge in [0.1, 0.15) is 0 Å². The Morgan fingerprint density at radius 1 is 0.917 bits per heavy atom. The quantitative estimate of drug-likeness (QED) is 0.235. The van der Waals surface area contributed by atoms with Crippen LogP contribution in [0.5, 0.6) is 5.75 Å². The summed E-state index contributed by atoms with van der Waals surface area (Å²) >= 11 is 0. The Morgan fingerprint density at radius 2 is 1.69 bits per heavy atom. The van der Waals surface area contributed by atoms with Crippen molar-refractivity contribution >= 4 is 5.57 Å². The Morgan fingerprint density at radius 3 is 2.36 bits per heavy atom. The van der Waals surface area contributed by atoms with E-state index >= 15 is 0 Å². The van der Waals surface area contributed by atoms with Gasteiger partial charge in [-0.2, -0.15) is 4.39 Å². The van der Waals surface area contributed by atoms with E-state index in [1.165, 1.54) is 83.8 Å². The molecule has 3 atom stereocenters. The molecular weight excluding hydrogens is 454 g/mol. The van der Waals surface area contributed by atoms with Crippen LogP contribution in [0.1, 0.15) is 102 Å². The van der Waals surface area contributed by atoms with Crippen molar-refractivity contribution in [3.8, 4) is 5.75 Å². The summed E-state index contributed by atoms with van der Waals surface area (Å²) in [6.07, 6.45) is 24.4. The smallest absolute Gasteiger partial charge is 0.201 e. The van der Waals surface area contributed by atoms with E-state index in [0.717, 1.165) is 43.3 Å². The highest BCUT2D eigenvalue weighted by Gasteiger charge is 2.34. The zero-order valence-corrected chi connectivity index (χ0v) is 22.5. The second-order valence-electron chi connectivity index (χ2n) is 11.4. The molecule has 3 unspecified atom stereocenters. The summed E-state index contributed by atoms with van der Waals surface area (Å²) in [7, 11) is 1.36. The second kappa shape index (κ2) is 13.7. The van der Waals surface area contributed by atoms with E-state index in [4.69, 9.17) is 9.47 Å². The van der Waals surface area contributed by atoms with Crippen molar-refractivity contribution in [2.75, 3.05) is 13.7 Å². The molecule has 36 heavy (non-hydrogen) atoms. The Hall–Kier alpha value is -1.68. The summed E-state index contributed by atoms with van der Waals surface area (Å²) < 4.78 is 40.1. The fraction of sp³-hybridized carbons (Fsp3) is 0.688. The minimum absolute atomic E-state index is 0.0390. The molecule has 1 aliphatic heterocycles. The number of hydrogen-bond donors (Lipinski definition) is 0. The standard InChI is InChI=1S/C32H46F2O2/c1-3-4-5-6-7-8-9-23-10-12-26(13-11-23)29-20-18-27(22-36-29)24-14-16-25(17-15-24)28-19-21-30(35-2)32(34)31(28)33/h6-7,16,19,21,23-24,26-27,29H,3-5,8-15,17-18,20,22H2,1-2H3. The molecule has 1 saturated carbocycles. The third-order valence-corrected chi connectivity index (χ3v) is 9.13. The lowest BCUT2D eigenvalue weighted by Gasteiger charge is -2.40. The lowest BCUT2D eigenvalue weighted by Crippen LogP contribution is -2.36. The van der Waals surface area contributed by atoms with Gasteiger partial charge in [0.15, 0.2) is 11.6 Å². The van der Waals surface area contributed by atoms with Gasteiger partial charge in [-0.3, -0.25) is 0 Å². The molecule has 0 radical (unpaired) electrons. The number of benzene rings is 1. The van der Waals surface area contributed by atoms with Gasteiger partial charge in [0, 0.05) is 5.56 Å². The zero-order valence-electron chi connectivity index (χ0n) is 22.5. The topological polar surface area (TPSA) is 18.5 Å². The van der Waals surface area contributed by atoms with Gasteiger partial charge in [-0.1, -0.05) is 50.8 Å². The van der Waals surface area contributed by atoms with Crippen LogP contribution in [0.3, 0.4) is 0 Å². The highest BCUT2D eigenvalue weighted by molar-refractivity contribution is 5.67. The number of unbranched alkanes of at least 4 members (excludes halogenated alkanes) is 2. The lowest BCUT2D eigenvalue weighted by atomic mass is 9.73. The Kier molecular flexibility index (Phi) is 10.4. The van der Waals surface area contributed by atoms with Crippen molar-refractivity contribution in [1.82, 2.24) is 0 Å². The van der Waals surface area contributed by atoms with E-state index in [9.17, 15) is 8.78 Å². The van der Waals surface area contributed by atoms with Crippen molar-refractivity contribution in [3.05, 3.63) is 47.6 Å². The molecular formula is C32H46F2O2. The molecule has 0 N–H and O–H groups in total. The number of allylic oxidation sites excluding steroid dienone is 4. The molecule has 2 fully saturated rings. The maximum absolute atomic E-state index is 14.5. The molecule has 1 aromatic carbocycles. The van der Waals surface area contributed by atoms with Crippen LogP contribution in [0.25, 0.3) is 5.57 Å². The summed E-state index contributed by atoms with van der Waals surface area (Å²) in [4.78, 5) is 0. The van der Waals surface area contributed by atoms with Crippen LogP contribution in [0.4, 0.5) is 8.78 Å². The van der Waals surface area contributed by atoms with Crippen molar-refractivity contribution in [3.63, 3.8) is 0 Å². The average Bonchev–Trinajstić information content (AvgIpc) is 2.93. The zero-order chi connectivity index (χ0) is 25.3. The summed E-state index contributed by atoms with van der Waals surface area (Å²) in [5, 5.41) is 0. The van der Waals surface area contributed by atoms with Crippen LogP contribution in [0.15, 0.2) is 30.4 Å². The van der Waals surface area contributed by atoms with Crippen LogP contribution >= 0.6 is 0 Å². The van der Waals surface area contributed by atoms with Gasteiger partial charge in [0.05, 0.1) is 19.8 Å². The predicted octanol–water partition coefficient (Wildman–Crippen LogP) is 9.29.